The van der Waals surface area contributed by atoms with Crippen LogP contribution in [0.25, 0.3) is 11.1 Å². The van der Waals surface area contributed by atoms with Gasteiger partial charge in [-0.05, 0) is 53.4 Å². The van der Waals surface area contributed by atoms with E-state index >= 15 is 0 Å². The molecule has 5 nitrogen and oxygen atoms in total. The number of anilines is 1. The van der Waals surface area contributed by atoms with E-state index in [1.165, 1.54) is 31.6 Å². The second-order valence-electron chi connectivity index (χ2n) is 7.73. The van der Waals surface area contributed by atoms with E-state index in [1.807, 2.05) is 55.5 Å². The van der Waals surface area contributed by atoms with Gasteiger partial charge in [0.1, 0.15) is 11.6 Å². The van der Waals surface area contributed by atoms with Crippen molar-refractivity contribution in [2.45, 2.75) is 32.7 Å². The zero-order valence-electron chi connectivity index (χ0n) is 19.4. The van der Waals surface area contributed by atoms with E-state index in [9.17, 15) is 14.0 Å². The van der Waals surface area contributed by atoms with Crippen molar-refractivity contribution in [2.75, 3.05) is 12.0 Å². The van der Waals surface area contributed by atoms with E-state index < -0.39 is 5.97 Å². The number of ether oxygens (including phenoxy) is 2. The number of esters is 1. The lowest BCUT2D eigenvalue weighted by molar-refractivity contribution is -0.134. The number of hydrogen-bond donors (Lipinski definition) is 0. The van der Waals surface area contributed by atoms with Gasteiger partial charge in [-0.15, -0.1) is 0 Å². The second kappa shape index (κ2) is 12.3. The molecule has 0 aromatic heterocycles. The van der Waals surface area contributed by atoms with E-state index in [-0.39, 0.29) is 11.7 Å². The number of unbranched alkanes of at least 4 members (excludes halogenated alkanes) is 1. The van der Waals surface area contributed by atoms with Crippen LogP contribution in [0.2, 0.25) is 0 Å². The summed E-state index contributed by atoms with van der Waals surface area (Å²) in [5.41, 5.74) is 3.51. The first-order valence-electron chi connectivity index (χ1n) is 11.2. The fraction of sp³-hybridized carbons (Fsp3) is 0.214. The SMILES string of the molecule is CCCCC(=O)N(Cc1ccc(-c2ccc(O/C=C/C(=O)OC)cc2)cc1)c1cccc(F)c1. The van der Waals surface area contributed by atoms with Gasteiger partial charge in [-0.25, -0.2) is 9.18 Å². The van der Waals surface area contributed by atoms with Crippen molar-refractivity contribution in [2.24, 2.45) is 0 Å². The predicted octanol–water partition coefficient (Wildman–Crippen LogP) is 6.28. The molecule has 0 radical (unpaired) electrons. The summed E-state index contributed by atoms with van der Waals surface area (Å²) >= 11 is 0. The Kier molecular flexibility index (Phi) is 8.97. The molecule has 6 heteroatoms. The third kappa shape index (κ3) is 7.04. The number of halogens is 1. The number of methoxy groups -OCH3 is 1. The highest BCUT2D eigenvalue weighted by molar-refractivity contribution is 5.93. The third-order valence-corrected chi connectivity index (χ3v) is 5.26. The lowest BCUT2D eigenvalue weighted by Gasteiger charge is -2.23. The van der Waals surface area contributed by atoms with Gasteiger partial charge < -0.3 is 14.4 Å². The molecule has 34 heavy (non-hydrogen) atoms. The molecule has 0 fully saturated rings. The fourth-order valence-electron chi connectivity index (χ4n) is 3.38. The van der Waals surface area contributed by atoms with Crippen molar-refractivity contribution in [3.8, 4) is 16.9 Å². The minimum Gasteiger partial charge on any atom is -0.466 e. The van der Waals surface area contributed by atoms with Gasteiger partial charge in [0.25, 0.3) is 0 Å². The van der Waals surface area contributed by atoms with E-state index in [0.29, 0.717) is 24.4 Å². The van der Waals surface area contributed by atoms with Crippen molar-refractivity contribution < 1.29 is 23.5 Å². The average molecular weight is 462 g/mol. The molecule has 0 aliphatic carbocycles. The third-order valence-electron chi connectivity index (χ3n) is 5.26. The molecule has 3 rings (SSSR count). The highest BCUT2D eigenvalue weighted by Gasteiger charge is 2.16. The van der Waals surface area contributed by atoms with Crippen LogP contribution in [-0.2, 0) is 20.9 Å². The number of hydrogen-bond acceptors (Lipinski definition) is 4. The molecule has 0 aliphatic heterocycles. The molecule has 0 saturated carbocycles. The summed E-state index contributed by atoms with van der Waals surface area (Å²) in [7, 11) is 1.30. The summed E-state index contributed by atoms with van der Waals surface area (Å²) in [5.74, 6) is -0.278. The van der Waals surface area contributed by atoms with Crippen LogP contribution in [0.3, 0.4) is 0 Å². The molecule has 0 unspecified atom stereocenters. The van der Waals surface area contributed by atoms with Gasteiger partial charge in [0.05, 0.1) is 26.0 Å². The summed E-state index contributed by atoms with van der Waals surface area (Å²) in [6.07, 6.45) is 4.62. The monoisotopic (exact) mass is 461 g/mol. The van der Waals surface area contributed by atoms with Crippen LogP contribution >= 0.6 is 0 Å². The van der Waals surface area contributed by atoms with Gasteiger partial charge in [-0.1, -0.05) is 55.8 Å². The number of carbonyl (C=O) groups excluding carboxylic acids is 2. The van der Waals surface area contributed by atoms with Gasteiger partial charge >= 0.3 is 5.97 Å². The van der Waals surface area contributed by atoms with Gasteiger partial charge in [0.2, 0.25) is 5.91 Å². The Balaban J connectivity index is 1.71. The molecule has 3 aromatic rings. The molecule has 3 aromatic carbocycles. The zero-order valence-corrected chi connectivity index (χ0v) is 19.4. The molecule has 1 amide bonds. The smallest absolute Gasteiger partial charge is 0.333 e. The molecule has 0 atom stereocenters. The Bertz CT molecular complexity index is 1120. The summed E-state index contributed by atoms with van der Waals surface area (Å²) in [5, 5.41) is 0. The first-order valence-corrected chi connectivity index (χ1v) is 11.2. The summed E-state index contributed by atoms with van der Waals surface area (Å²) < 4.78 is 23.7. The molecular weight excluding hydrogens is 433 g/mol. The maximum absolute atomic E-state index is 13.8. The Morgan fingerprint density at radius 3 is 2.26 bits per heavy atom. The number of carbonyl (C=O) groups is 2. The highest BCUT2D eigenvalue weighted by Crippen LogP contribution is 2.25. The van der Waals surface area contributed by atoms with Crippen LogP contribution in [-0.4, -0.2) is 19.0 Å². The van der Waals surface area contributed by atoms with E-state index in [1.54, 1.807) is 17.0 Å². The van der Waals surface area contributed by atoms with Crippen LogP contribution in [0, 0.1) is 5.82 Å². The topological polar surface area (TPSA) is 55.8 Å². The standard InChI is InChI=1S/C28H28FNO4/c1-3-4-8-27(31)30(25-7-5-6-24(29)19-25)20-21-9-11-22(12-10-21)23-13-15-26(16-14-23)34-18-17-28(32)33-2/h5-7,9-19H,3-4,8,20H2,1-2H3/b18-17+. The van der Waals surface area contributed by atoms with Gasteiger partial charge in [0.15, 0.2) is 0 Å². The predicted molar refractivity (Wildman–Crippen MR) is 131 cm³/mol. The first-order chi connectivity index (χ1) is 16.5. The van der Waals surface area contributed by atoms with E-state index in [0.717, 1.165) is 29.5 Å². The zero-order chi connectivity index (χ0) is 24.3. The Morgan fingerprint density at radius 2 is 1.65 bits per heavy atom. The number of benzene rings is 3. The molecule has 0 bridgehead atoms. The quantitative estimate of drug-likeness (QED) is 0.203. The highest BCUT2D eigenvalue weighted by atomic mass is 19.1. The summed E-state index contributed by atoms with van der Waals surface area (Å²) in [6.45, 7) is 2.40. The van der Waals surface area contributed by atoms with Crippen LogP contribution in [0.1, 0.15) is 31.7 Å². The van der Waals surface area contributed by atoms with Gasteiger partial charge in [0, 0.05) is 12.1 Å². The van der Waals surface area contributed by atoms with Crippen molar-refractivity contribution in [1.29, 1.82) is 0 Å². The van der Waals surface area contributed by atoms with Crippen molar-refractivity contribution >= 4 is 17.6 Å². The normalized spacial score (nSPS) is 10.8. The molecule has 0 spiro atoms. The minimum absolute atomic E-state index is 0.0200. The number of amides is 1. The molecule has 0 N–H and O–H groups in total. The maximum Gasteiger partial charge on any atom is 0.333 e. The number of rotatable bonds is 10. The Hall–Kier alpha value is -3.93. The lowest BCUT2D eigenvalue weighted by atomic mass is 10.0. The molecule has 0 aliphatic rings. The fourth-order valence-corrected chi connectivity index (χ4v) is 3.38. The van der Waals surface area contributed by atoms with Crippen molar-refractivity contribution in [3.05, 3.63) is 96.5 Å². The maximum atomic E-state index is 13.8. The average Bonchev–Trinajstić information content (AvgIpc) is 2.86. The van der Waals surface area contributed by atoms with E-state index in [4.69, 9.17) is 4.74 Å². The van der Waals surface area contributed by atoms with Crippen LogP contribution in [0.5, 0.6) is 5.75 Å². The second-order valence-corrected chi connectivity index (χ2v) is 7.73. The van der Waals surface area contributed by atoms with Gasteiger partial charge in [-0.3, -0.25) is 4.79 Å². The van der Waals surface area contributed by atoms with Crippen LogP contribution in [0.15, 0.2) is 85.1 Å². The molecule has 0 saturated heterocycles. The number of nitrogens with zero attached hydrogens (tertiary/aromatic N) is 1. The van der Waals surface area contributed by atoms with Crippen LogP contribution < -0.4 is 9.64 Å². The van der Waals surface area contributed by atoms with Crippen LogP contribution in [0.4, 0.5) is 10.1 Å². The summed E-state index contributed by atoms with van der Waals surface area (Å²) in [4.78, 5) is 25.6. The van der Waals surface area contributed by atoms with Gasteiger partial charge in [-0.2, -0.15) is 0 Å². The Morgan fingerprint density at radius 1 is 0.971 bits per heavy atom. The van der Waals surface area contributed by atoms with E-state index in [2.05, 4.69) is 4.74 Å². The molecular formula is C28H28FNO4. The largest absolute Gasteiger partial charge is 0.466 e. The minimum atomic E-state index is -0.486. The van der Waals surface area contributed by atoms with Crippen molar-refractivity contribution in [3.63, 3.8) is 0 Å². The molecule has 0 heterocycles. The molecule has 176 valence electrons. The Labute approximate surface area is 199 Å². The van der Waals surface area contributed by atoms with Crippen molar-refractivity contribution in [1.82, 2.24) is 0 Å². The summed E-state index contributed by atoms with van der Waals surface area (Å²) in [6, 6.07) is 21.5. The lowest BCUT2D eigenvalue weighted by Crippen LogP contribution is -2.30. The first kappa shape index (κ1) is 24.7.